The average molecular weight is 356 g/mol. The van der Waals surface area contributed by atoms with E-state index in [0.29, 0.717) is 21.9 Å². The Balaban J connectivity index is 2.51. The third-order valence-corrected chi connectivity index (χ3v) is 4.22. The summed E-state index contributed by atoms with van der Waals surface area (Å²) in [5.74, 6) is 0.626. The summed E-state index contributed by atoms with van der Waals surface area (Å²) in [6.07, 6.45) is -0.815. The predicted octanol–water partition coefficient (Wildman–Crippen LogP) is 4.81. The lowest BCUT2D eigenvalue weighted by atomic mass is 9.97. The number of hydrogen-bond acceptors (Lipinski definition) is 2. The van der Waals surface area contributed by atoms with Crippen molar-refractivity contribution in [1.82, 2.24) is 0 Å². The minimum atomic E-state index is -0.815. The van der Waals surface area contributed by atoms with Crippen LogP contribution >= 0.6 is 27.5 Å². The Morgan fingerprint density at radius 3 is 2.40 bits per heavy atom. The van der Waals surface area contributed by atoms with Crippen molar-refractivity contribution in [2.75, 3.05) is 7.11 Å². The van der Waals surface area contributed by atoms with Gasteiger partial charge in [0, 0.05) is 20.6 Å². The van der Waals surface area contributed by atoms with Gasteiger partial charge in [-0.1, -0.05) is 39.7 Å². The number of aliphatic hydroxyl groups excluding tert-OH is 1. The molecule has 20 heavy (non-hydrogen) atoms. The predicted molar refractivity (Wildman–Crippen MR) is 85.7 cm³/mol. The maximum Gasteiger partial charge on any atom is 0.126 e. The molecule has 0 spiro atoms. The van der Waals surface area contributed by atoms with E-state index in [4.69, 9.17) is 16.3 Å². The van der Waals surface area contributed by atoms with E-state index in [9.17, 15) is 5.11 Å². The molecule has 0 aliphatic carbocycles. The molecule has 0 heterocycles. The highest BCUT2D eigenvalue weighted by atomic mass is 79.9. The van der Waals surface area contributed by atoms with Crippen LogP contribution in [0.4, 0.5) is 0 Å². The largest absolute Gasteiger partial charge is 0.496 e. The van der Waals surface area contributed by atoms with Crippen molar-refractivity contribution in [2.45, 2.75) is 20.0 Å². The van der Waals surface area contributed by atoms with Gasteiger partial charge in [-0.2, -0.15) is 0 Å². The Morgan fingerprint density at radius 2 is 1.75 bits per heavy atom. The highest BCUT2D eigenvalue weighted by Gasteiger charge is 2.19. The molecule has 1 atom stereocenters. The van der Waals surface area contributed by atoms with Crippen LogP contribution in [0.1, 0.15) is 28.4 Å². The summed E-state index contributed by atoms with van der Waals surface area (Å²) in [6, 6.07) is 9.33. The molecular weight excluding hydrogens is 340 g/mol. The van der Waals surface area contributed by atoms with E-state index >= 15 is 0 Å². The molecule has 0 saturated heterocycles. The second-order valence-corrected chi connectivity index (χ2v) is 6.07. The van der Waals surface area contributed by atoms with Gasteiger partial charge in [-0.15, -0.1) is 0 Å². The molecule has 2 nitrogen and oxygen atoms in total. The van der Waals surface area contributed by atoms with E-state index in [-0.39, 0.29) is 0 Å². The lowest BCUT2D eigenvalue weighted by Gasteiger charge is -2.18. The lowest BCUT2D eigenvalue weighted by Crippen LogP contribution is -2.04. The van der Waals surface area contributed by atoms with Gasteiger partial charge in [-0.05, 0) is 43.2 Å². The first kappa shape index (κ1) is 15.4. The van der Waals surface area contributed by atoms with Gasteiger partial charge < -0.3 is 9.84 Å². The first-order chi connectivity index (χ1) is 9.43. The van der Waals surface area contributed by atoms with E-state index in [1.54, 1.807) is 7.11 Å². The fourth-order valence-corrected chi connectivity index (χ4v) is 2.75. The lowest BCUT2D eigenvalue weighted by molar-refractivity contribution is 0.214. The van der Waals surface area contributed by atoms with Crippen molar-refractivity contribution < 1.29 is 9.84 Å². The van der Waals surface area contributed by atoms with Crippen molar-refractivity contribution in [2.24, 2.45) is 0 Å². The second-order valence-electron chi connectivity index (χ2n) is 4.75. The van der Waals surface area contributed by atoms with Gasteiger partial charge in [0.1, 0.15) is 11.9 Å². The first-order valence-electron chi connectivity index (χ1n) is 6.22. The van der Waals surface area contributed by atoms with E-state index in [1.165, 1.54) is 0 Å². The van der Waals surface area contributed by atoms with Gasteiger partial charge in [-0.25, -0.2) is 0 Å². The molecule has 2 rings (SSSR count). The molecule has 0 aliphatic rings. The van der Waals surface area contributed by atoms with Gasteiger partial charge >= 0.3 is 0 Å². The van der Waals surface area contributed by atoms with E-state index < -0.39 is 6.10 Å². The highest BCUT2D eigenvalue weighted by Crippen LogP contribution is 2.36. The van der Waals surface area contributed by atoms with Gasteiger partial charge in [-0.3, -0.25) is 0 Å². The summed E-state index contributed by atoms with van der Waals surface area (Å²) in [7, 11) is 1.58. The number of halogens is 2. The summed E-state index contributed by atoms with van der Waals surface area (Å²) in [6.45, 7) is 4.00. The molecule has 4 heteroatoms. The first-order valence-corrected chi connectivity index (χ1v) is 7.39. The van der Waals surface area contributed by atoms with E-state index in [0.717, 1.165) is 15.6 Å². The zero-order chi connectivity index (χ0) is 14.9. The number of aryl methyl sites for hydroxylation is 2. The Kier molecular flexibility index (Phi) is 4.74. The smallest absolute Gasteiger partial charge is 0.126 e. The third-order valence-electron chi connectivity index (χ3n) is 3.40. The molecule has 0 radical (unpaired) electrons. The minimum absolute atomic E-state index is 0.561. The van der Waals surface area contributed by atoms with Gasteiger partial charge in [0.25, 0.3) is 0 Å². The molecule has 2 aromatic rings. The zero-order valence-electron chi connectivity index (χ0n) is 11.6. The average Bonchev–Trinajstić information content (AvgIpc) is 2.42. The molecule has 0 aromatic heterocycles. The third kappa shape index (κ3) is 3.00. The number of aliphatic hydroxyl groups is 1. The number of ether oxygens (including phenoxy) is 1. The standard InChI is InChI=1S/C16H16BrClO2/c1-9-6-13(14(18)7-10(9)2)16(19)12-5-4-11(17)8-15(12)20-3/h4-8,16,19H,1-3H3. The number of hydrogen-bond donors (Lipinski definition) is 1. The van der Waals surface area contributed by atoms with Crippen molar-refractivity contribution in [3.8, 4) is 5.75 Å². The van der Waals surface area contributed by atoms with Crippen LogP contribution in [0.3, 0.4) is 0 Å². The molecule has 0 bridgehead atoms. The van der Waals surface area contributed by atoms with Gasteiger partial charge in [0.05, 0.1) is 7.11 Å². The molecule has 1 unspecified atom stereocenters. The summed E-state index contributed by atoms with van der Waals surface area (Å²) >= 11 is 9.65. The Morgan fingerprint density at radius 1 is 1.10 bits per heavy atom. The van der Waals surface area contributed by atoms with Crippen LogP contribution in [0.25, 0.3) is 0 Å². The van der Waals surface area contributed by atoms with Crippen molar-refractivity contribution in [3.63, 3.8) is 0 Å². The maximum atomic E-state index is 10.6. The summed E-state index contributed by atoms with van der Waals surface area (Å²) in [4.78, 5) is 0. The SMILES string of the molecule is COc1cc(Br)ccc1C(O)c1cc(C)c(C)cc1Cl. The van der Waals surface area contributed by atoms with Crippen LogP contribution in [0.15, 0.2) is 34.8 Å². The molecule has 106 valence electrons. The van der Waals surface area contributed by atoms with Crippen molar-refractivity contribution >= 4 is 27.5 Å². The van der Waals surface area contributed by atoms with Crippen LogP contribution in [0.2, 0.25) is 5.02 Å². The van der Waals surface area contributed by atoms with E-state index in [2.05, 4.69) is 15.9 Å². The summed E-state index contributed by atoms with van der Waals surface area (Å²) in [5.41, 5.74) is 3.59. The number of rotatable bonds is 3. The van der Waals surface area contributed by atoms with E-state index in [1.807, 2.05) is 44.2 Å². The molecule has 0 fully saturated rings. The summed E-state index contributed by atoms with van der Waals surface area (Å²) in [5, 5.41) is 11.2. The molecule has 0 amide bonds. The zero-order valence-corrected chi connectivity index (χ0v) is 13.9. The molecule has 2 aromatic carbocycles. The Hall–Kier alpha value is -1.03. The molecule has 0 aliphatic heterocycles. The highest BCUT2D eigenvalue weighted by molar-refractivity contribution is 9.10. The van der Waals surface area contributed by atoms with Gasteiger partial charge in [0.2, 0.25) is 0 Å². The normalized spacial score (nSPS) is 12.3. The van der Waals surface area contributed by atoms with Crippen molar-refractivity contribution in [3.05, 3.63) is 62.1 Å². The molecular formula is C16H16BrClO2. The topological polar surface area (TPSA) is 29.5 Å². The monoisotopic (exact) mass is 354 g/mol. The summed E-state index contributed by atoms with van der Waals surface area (Å²) < 4.78 is 6.23. The Bertz CT molecular complexity index is 641. The second kappa shape index (κ2) is 6.17. The van der Waals surface area contributed by atoms with Crippen molar-refractivity contribution in [1.29, 1.82) is 0 Å². The number of methoxy groups -OCH3 is 1. The van der Waals surface area contributed by atoms with Crippen LogP contribution < -0.4 is 4.74 Å². The van der Waals surface area contributed by atoms with Crippen LogP contribution in [-0.2, 0) is 0 Å². The molecule has 1 N–H and O–H groups in total. The number of benzene rings is 2. The van der Waals surface area contributed by atoms with Crippen LogP contribution in [0.5, 0.6) is 5.75 Å². The van der Waals surface area contributed by atoms with Crippen LogP contribution in [-0.4, -0.2) is 12.2 Å². The van der Waals surface area contributed by atoms with Gasteiger partial charge in [0.15, 0.2) is 0 Å². The maximum absolute atomic E-state index is 10.6. The minimum Gasteiger partial charge on any atom is -0.496 e. The van der Waals surface area contributed by atoms with Crippen LogP contribution in [0, 0.1) is 13.8 Å². The Labute approximate surface area is 132 Å². The quantitative estimate of drug-likeness (QED) is 0.856. The molecule has 0 saturated carbocycles. The fourth-order valence-electron chi connectivity index (χ4n) is 2.09. The fraction of sp³-hybridized carbons (Fsp3) is 0.250.